The van der Waals surface area contributed by atoms with Gasteiger partial charge in [0, 0.05) is 22.8 Å². The van der Waals surface area contributed by atoms with Crippen LogP contribution in [0.4, 0.5) is 5.69 Å². The number of rotatable bonds is 5. The van der Waals surface area contributed by atoms with Gasteiger partial charge in [0.15, 0.2) is 0 Å². The first kappa shape index (κ1) is 14.3. The van der Waals surface area contributed by atoms with E-state index in [1.54, 1.807) is 0 Å². The number of pyridine rings is 1. The molecule has 2 rings (SSSR count). The lowest BCUT2D eigenvalue weighted by atomic mass is 10.1. The van der Waals surface area contributed by atoms with Crippen LogP contribution in [0.5, 0.6) is 0 Å². The number of carboxylic acid groups (broad SMARTS) is 1. The summed E-state index contributed by atoms with van der Waals surface area (Å²) in [5, 5.41) is 10.2. The molecule has 1 atom stereocenters. The van der Waals surface area contributed by atoms with Crippen LogP contribution in [0.3, 0.4) is 0 Å². The van der Waals surface area contributed by atoms with Crippen LogP contribution in [0.25, 0.3) is 10.9 Å². The van der Waals surface area contributed by atoms with Crippen molar-refractivity contribution in [3.05, 3.63) is 36.0 Å². The Kier molecular flexibility index (Phi) is 4.23. The summed E-state index contributed by atoms with van der Waals surface area (Å²) in [6.45, 7) is 6.05. The number of aromatic nitrogens is 1. The van der Waals surface area contributed by atoms with Crippen molar-refractivity contribution in [2.24, 2.45) is 0 Å². The molecule has 0 aliphatic carbocycles. The zero-order valence-electron chi connectivity index (χ0n) is 12.1. The van der Waals surface area contributed by atoms with Crippen molar-refractivity contribution in [2.45, 2.75) is 33.2 Å². The third-order valence-corrected chi connectivity index (χ3v) is 3.56. The highest BCUT2D eigenvalue weighted by Gasteiger charge is 2.19. The van der Waals surface area contributed by atoms with Gasteiger partial charge in [0.05, 0.1) is 5.52 Å². The van der Waals surface area contributed by atoms with E-state index in [4.69, 9.17) is 0 Å². The Morgan fingerprint density at radius 3 is 2.75 bits per heavy atom. The van der Waals surface area contributed by atoms with Gasteiger partial charge in [-0.2, -0.15) is 0 Å². The second-order valence-corrected chi connectivity index (χ2v) is 5.08. The summed E-state index contributed by atoms with van der Waals surface area (Å²) in [6, 6.07) is 9.99. The number of nitrogens with zero attached hydrogens (tertiary/aromatic N) is 2. The molecule has 0 aliphatic heterocycles. The highest BCUT2D eigenvalue weighted by molar-refractivity contribution is 5.93. The fourth-order valence-corrected chi connectivity index (χ4v) is 2.37. The summed E-state index contributed by atoms with van der Waals surface area (Å²) in [4.78, 5) is 17.6. The van der Waals surface area contributed by atoms with Gasteiger partial charge in [-0.1, -0.05) is 25.1 Å². The highest BCUT2D eigenvalue weighted by atomic mass is 16.4. The third kappa shape index (κ3) is 2.90. The Morgan fingerprint density at radius 2 is 2.10 bits per heavy atom. The smallest absolute Gasteiger partial charge is 0.323 e. The van der Waals surface area contributed by atoms with Gasteiger partial charge in [-0.25, -0.2) is 0 Å². The molecule has 20 heavy (non-hydrogen) atoms. The Bertz CT molecular complexity index is 625. The maximum atomic E-state index is 11.2. The van der Waals surface area contributed by atoms with Gasteiger partial charge < -0.3 is 10.0 Å². The van der Waals surface area contributed by atoms with E-state index in [1.165, 1.54) is 0 Å². The molecule has 0 bridgehead atoms. The molecule has 0 amide bonds. The largest absolute Gasteiger partial charge is 0.480 e. The Hall–Kier alpha value is -2.10. The van der Waals surface area contributed by atoms with Crippen molar-refractivity contribution in [1.29, 1.82) is 0 Å². The molecule has 0 saturated heterocycles. The molecular formula is C16H20N2O2. The number of hydrogen-bond donors (Lipinski definition) is 1. The van der Waals surface area contributed by atoms with Crippen molar-refractivity contribution in [2.75, 3.05) is 11.4 Å². The Labute approximate surface area is 119 Å². The topological polar surface area (TPSA) is 53.4 Å². The van der Waals surface area contributed by atoms with Crippen molar-refractivity contribution < 1.29 is 9.90 Å². The molecule has 1 unspecified atom stereocenters. The lowest BCUT2D eigenvalue weighted by molar-refractivity contribution is -0.135. The number of aryl methyl sites for hydroxylation is 1. The van der Waals surface area contributed by atoms with E-state index in [2.05, 4.69) is 11.9 Å². The van der Waals surface area contributed by atoms with Crippen LogP contribution >= 0.6 is 0 Å². The summed E-state index contributed by atoms with van der Waals surface area (Å²) in [6.07, 6.45) is 0.892. The second-order valence-electron chi connectivity index (χ2n) is 5.08. The van der Waals surface area contributed by atoms with Gasteiger partial charge in [0.1, 0.15) is 6.54 Å². The van der Waals surface area contributed by atoms with Crippen LogP contribution in [0.1, 0.15) is 26.0 Å². The predicted molar refractivity (Wildman–Crippen MR) is 81.2 cm³/mol. The summed E-state index contributed by atoms with van der Waals surface area (Å²) < 4.78 is 0. The molecule has 1 heterocycles. The average molecular weight is 272 g/mol. The quantitative estimate of drug-likeness (QED) is 0.908. The molecule has 2 aromatic rings. The molecule has 4 heteroatoms. The monoisotopic (exact) mass is 272 g/mol. The maximum absolute atomic E-state index is 11.2. The van der Waals surface area contributed by atoms with Crippen molar-refractivity contribution in [3.63, 3.8) is 0 Å². The molecule has 4 nitrogen and oxygen atoms in total. The zero-order valence-corrected chi connectivity index (χ0v) is 12.1. The van der Waals surface area contributed by atoms with E-state index in [9.17, 15) is 9.90 Å². The molecule has 0 radical (unpaired) electrons. The number of benzene rings is 1. The van der Waals surface area contributed by atoms with E-state index in [1.807, 2.05) is 49.1 Å². The molecule has 0 aliphatic rings. The zero-order chi connectivity index (χ0) is 14.7. The van der Waals surface area contributed by atoms with Crippen LogP contribution in [-0.4, -0.2) is 28.6 Å². The summed E-state index contributed by atoms with van der Waals surface area (Å²) in [7, 11) is 0. The Balaban J connectivity index is 2.59. The lowest BCUT2D eigenvalue weighted by Gasteiger charge is -2.30. The number of hydrogen-bond acceptors (Lipinski definition) is 3. The summed E-state index contributed by atoms with van der Waals surface area (Å²) in [5.41, 5.74) is 2.75. The van der Waals surface area contributed by atoms with Crippen molar-refractivity contribution >= 4 is 22.6 Å². The van der Waals surface area contributed by atoms with E-state index in [-0.39, 0.29) is 12.6 Å². The molecular weight excluding hydrogens is 252 g/mol. The molecule has 106 valence electrons. The van der Waals surface area contributed by atoms with Crippen LogP contribution in [-0.2, 0) is 4.79 Å². The number of anilines is 1. The highest BCUT2D eigenvalue weighted by Crippen LogP contribution is 2.28. The third-order valence-electron chi connectivity index (χ3n) is 3.56. The number of para-hydroxylation sites is 1. The SMILES string of the molecule is CCC(C)N(CC(=O)O)c1cc(C)nc2ccccc12. The minimum Gasteiger partial charge on any atom is -0.480 e. The Morgan fingerprint density at radius 1 is 1.40 bits per heavy atom. The maximum Gasteiger partial charge on any atom is 0.323 e. The van der Waals surface area contributed by atoms with Gasteiger partial charge >= 0.3 is 5.97 Å². The summed E-state index contributed by atoms with van der Waals surface area (Å²) in [5.74, 6) is -0.816. The van der Waals surface area contributed by atoms with Crippen LogP contribution in [0.15, 0.2) is 30.3 Å². The fourth-order valence-electron chi connectivity index (χ4n) is 2.37. The first-order valence-electron chi connectivity index (χ1n) is 6.87. The molecule has 1 aromatic heterocycles. The number of aliphatic carboxylic acids is 1. The lowest BCUT2D eigenvalue weighted by Crippen LogP contribution is -2.37. The van der Waals surface area contributed by atoms with E-state index in [0.717, 1.165) is 28.7 Å². The second kappa shape index (κ2) is 5.90. The fraction of sp³-hybridized carbons (Fsp3) is 0.375. The van der Waals surface area contributed by atoms with Gasteiger partial charge in [0.25, 0.3) is 0 Å². The normalized spacial score (nSPS) is 12.3. The van der Waals surface area contributed by atoms with E-state index < -0.39 is 5.97 Å². The van der Waals surface area contributed by atoms with E-state index in [0.29, 0.717) is 0 Å². The number of carbonyl (C=O) groups is 1. The minimum absolute atomic E-state index is 0.00243. The van der Waals surface area contributed by atoms with Gasteiger partial charge in [0.2, 0.25) is 0 Å². The predicted octanol–water partition coefficient (Wildman–Crippen LogP) is 3.23. The standard InChI is InChI=1S/C16H20N2O2/c1-4-12(3)18(10-16(19)20)15-9-11(2)17-14-8-6-5-7-13(14)15/h5-9,12H,4,10H2,1-3H3,(H,19,20). The number of fused-ring (bicyclic) bond motifs is 1. The molecule has 1 aromatic carbocycles. The van der Waals surface area contributed by atoms with Gasteiger partial charge in [-0.05, 0) is 32.4 Å². The average Bonchev–Trinajstić information content (AvgIpc) is 2.42. The first-order valence-corrected chi connectivity index (χ1v) is 6.87. The minimum atomic E-state index is -0.816. The van der Waals surface area contributed by atoms with Crippen molar-refractivity contribution in [3.8, 4) is 0 Å². The van der Waals surface area contributed by atoms with Crippen LogP contribution in [0.2, 0.25) is 0 Å². The molecule has 1 N–H and O–H groups in total. The molecule has 0 fully saturated rings. The van der Waals surface area contributed by atoms with Gasteiger partial charge in [-0.15, -0.1) is 0 Å². The van der Waals surface area contributed by atoms with Gasteiger partial charge in [-0.3, -0.25) is 9.78 Å². The summed E-state index contributed by atoms with van der Waals surface area (Å²) >= 11 is 0. The van der Waals surface area contributed by atoms with E-state index >= 15 is 0 Å². The van der Waals surface area contributed by atoms with Crippen LogP contribution < -0.4 is 4.90 Å². The molecule has 0 spiro atoms. The van der Waals surface area contributed by atoms with Crippen LogP contribution in [0, 0.1) is 6.92 Å². The number of carboxylic acids is 1. The van der Waals surface area contributed by atoms with Crippen molar-refractivity contribution in [1.82, 2.24) is 4.98 Å². The first-order chi connectivity index (χ1) is 9.52. The molecule has 0 saturated carbocycles.